The van der Waals surface area contributed by atoms with E-state index in [9.17, 15) is 19.2 Å². The molecule has 0 spiro atoms. The summed E-state index contributed by atoms with van der Waals surface area (Å²) < 4.78 is 17.6. The minimum Gasteiger partial charge on any atom is -0.481 e. The van der Waals surface area contributed by atoms with E-state index in [1.807, 2.05) is 0 Å². The van der Waals surface area contributed by atoms with E-state index in [4.69, 9.17) is 25.1 Å². The van der Waals surface area contributed by atoms with Gasteiger partial charge in [-0.3, -0.25) is 9.69 Å². The first kappa shape index (κ1) is 31.6. The predicted octanol–water partition coefficient (Wildman–Crippen LogP) is 3.61. The number of alkyl carbamates (subject to hydrolysis) is 1. The lowest BCUT2D eigenvalue weighted by atomic mass is 10.1. The third kappa shape index (κ3) is 8.81. The number of ether oxygens (including phenoxy) is 3. The molecule has 14 heteroatoms. The van der Waals surface area contributed by atoms with Crippen LogP contribution in [0.25, 0.3) is 16.8 Å². The molecule has 0 aliphatic rings. The Morgan fingerprint density at radius 2 is 1.74 bits per heavy atom. The summed E-state index contributed by atoms with van der Waals surface area (Å²) in [5, 5.41) is 16.0. The molecular weight excluding hydrogens is 548 g/mol. The molecule has 1 aromatic carbocycles. The van der Waals surface area contributed by atoms with Gasteiger partial charge in [-0.25, -0.2) is 23.9 Å². The highest BCUT2D eigenvalue weighted by atomic mass is 16.6. The molecule has 42 heavy (non-hydrogen) atoms. The number of anilines is 1. The number of rotatable bonds is 10. The number of amides is 3. The molecule has 14 nitrogen and oxygen atoms in total. The van der Waals surface area contributed by atoms with Gasteiger partial charge in [-0.1, -0.05) is 6.07 Å². The Hall–Kier alpha value is -4.88. The normalized spacial score (nSPS) is 11.6. The maximum Gasteiger partial charge on any atom is 0.416 e. The molecule has 3 amide bonds. The van der Waals surface area contributed by atoms with E-state index in [2.05, 4.69) is 15.4 Å². The summed E-state index contributed by atoms with van der Waals surface area (Å²) in [6, 6.07) is 6.11. The number of carboxylic acid groups (broad SMARTS) is 1. The van der Waals surface area contributed by atoms with Crippen molar-refractivity contribution in [2.24, 2.45) is 5.73 Å². The number of carbonyl (C=O) groups excluding carboxylic acids is 3. The monoisotopic (exact) mass is 584 g/mol. The summed E-state index contributed by atoms with van der Waals surface area (Å²) in [6.45, 7) is 10.3. The van der Waals surface area contributed by atoms with Crippen molar-refractivity contribution in [1.82, 2.24) is 19.9 Å². The third-order valence-electron chi connectivity index (χ3n) is 5.38. The first-order valence-corrected chi connectivity index (χ1v) is 13.1. The van der Waals surface area contributed by atoms with Crippen molar-refractivity contribution in [3.8, 4) is 16.9 Å². The Balaban J connectivity index is 1.93. The summed E-state index contributed by atoms with van der Waals surface area (Å²) in [5.74, 6) is -1.74. The summed E-state index contributed by atoms with van der Waals surface area (Å²) in [7, 11) is 0. The minimum absolute atomic E-state index is 0.00854. The number of nitrogens with two attached hydrogens (primary N) is 1. The van der Waals surface area contributed by atoms with Crippen molar-refractivity contribution >= 4 is 35.5 Å². The highest BCUT2D eigenvalue weighted by molar-refractivity contribution is 5.97. The number of fused-ring (bicyclic) bond motifs is 1. The van der Waals surface area contributed by atoms with Crippen LogP contribution in [-0.4, -0.2) is 74.7 Å². The average molecular weight is 585 g/mol. The average Bonchev–Trinajstić information content (AvgIpc) is 3.28. The molecule has 3 rings (SSSR count). The number of nitrogens with one attached hydrogen (secondary N) is 1. The van der Waals surface area contributed by atoms with E-state index < -0.39 is 41.9 Å². The van der Waals surface area contributed by atoms with Gasteiger partial charge in [-0.2, -0.15) is 5.10 Å². The number of benzene rings is 1. The van der Waals surface area contributed by atoms with Crippen molar-refractivity contribution in [3.05, 3.63) is 42.2 Å². The van der Waals surface area contributed by atoms with Gasteiger partial charge in [0.15, 0.2) is 12.3 Å². The molecule has 0 aliphatic heterocycles. The fourth-order valence-electron chi connectivity index (χ4n) is 3.72. The van der Waals surface area contributed by atoms with Crippen LogP contribution in [0.5, 0.6) is 5.75 Å². The first-order valence-electron chi connectivity index (χ1n) is 13.1. The zero-order valence-electron chi connectivity index (χ0n) is 24.5. The SMILES string of the molecule is CC(C)(C)OC(=O)NCCCN(C(=O)OC(C)(C)C)c1ccn2ncc(-c3ccc(C(N)=O)c(OCC(=O)O)c3)c2n1. The largest absolute Gasteiger partial charge is 0.481 e. The lowest BCUT2D eigenvalue weighted by Gasteiger charge is -2.27. The molecule has 0 bridgehead atoms. The van der Waals surface area contributed by atoms with Crippen LogP contribution in [-0.2, 0) is 14.3 Å². The van der Waals surface area contributed by atoms with Gasteiger partial charge in [-0.05, 0) is 71.7 Å². The zero-order chi connectivity index (χ0) is 31.2. The fraction of sp³-hybridized carbons (Fsp3) is 0.429. The predicted molar refractivity (Wildman–Crippen MR) is 153 cm³/mol. The van der Waals surface area contributed by atoms with Crippen LogP contribution in [0.4, 0.5) is 15.4 Å². The molecule has 226 valence electrons. The van der Waals surface area contributed by atoms with Gasteiger partial charge in [0.1, 0.15) is 22.8 Å². The van der Waals surface area contributed by atoms with E-state index >= 15 is 0 Å². The molecule has 0 saturated heterocycles. The molecule has 0 unspecified atom stereocenters. The van der Waals surface area contributed by atoms with Crippen LogP contribution in [0.1, 0.15) is 58.3 Å². The van der Waals surface area contributed by atoms with Gasteiger partial charge in [0.2, 0.25) is 0 Å². The van der Waals surface area contributed by atoms with Crippen molar-refractivity contribution in [2.75, 3.05) is 24.6 Å². The zero-order valence-corrected chi connectivity index (χ0v) is 24.5. The number of aromatic nitrogens is 3. The second-order valence-corrected chi connectivity index (χ2v) is 11.3. The van der Waals surface area contributed by atoms with Crippen LogP contribution in [0.15, 0.2) is 36.7 Å². The molecule has 0 radical (unpaired) electrons. The van der Waals surface area contributed by atoms with E-state index in [0.29, 0.717) is 23.2 Å². The minimum atomic E-state index is -1.22. The van der Waals surface area contributed by atoms with Crippen LogP contribution in [0.3, 0.4) is 0 Å². The van der Waals surface area contributed by atoms with Crippen molar-refractivity contribution < 1.29 is 38.5 Å². The Morgan fingerprint density at radius 3 is 2.36 bits per heavy atom. The van der Waals surface area contributed by atoms with E-state index in [-0.39, 0.29) is 30.2 Å². The summed E-state index contributed by atoms with van der Waals surface area (Å²) in [4.78, 5) is 54.1. The maximum absolute atomic E-state index is 13.2. The molecule has 0 saturated carbocycles. The molecule has 2 heterocycles. The second-order valence-electron chi connectivity index (χ2n) is 11.3. The molecule has 2 aromatic heterocycles. The quantitative estimate of drug-likeness (QED) is 0.297. The fourth-order valence-corrected chi connectivity index (χ4v) is 3.72. The Labute approximate surface area is 242 Å². The summed E-state index contributed by atoms with van der Waals surface area (Å²) >= 11 is 0. The number of nitrogens with zero attached hydrogens (tertiary/aromatic N) is 4. The number of hydrogen-bond donors (Lipinski definition) is 3. The highest BCUT2D eigenvalue weighted by Gasteiger charge is 2.25. The van der Waals surface area contributed by atoms with Crippen molar-refractivity contribution in [1.29, 1.82) is 0 Å². The molecule has 0 atom stereocenters. The molecule has 3 aromatic rings. The Kier molecular flexibility index (Phi) is 9.60. The summed E-state index contributed by atoms with van der Waals surface area (Å²) in [5.41, 5.74) is 5.43. The van der Waals surface area contributed by atoms with Crippen LogP contribution >= 0.6 is 0 Å². The van der Waals surface area contributed by atoms with Gasteiger partial charge in [0.25, 0.3) is 5.91 Å². The number of aliphatic carboxylic acids is 1. The van der Waals surface area contributed by atoms with Gasteiger partial charge in [0.05, 0.1) is 11.8 Å². The first-order chi connectivity index (χ1) is 19.5. The Morgan fingerprint density at radius 1 is 1.05 bits per heavy atom. The third-order valence-corrected chi connectivity index (χ3v) is 5.38. The van der Waals surface area contributed by atoms with Crippen molar-refractivity contribution in [2.45, 2.75) is 59.2 Å². The number of primary amides is 1. The molecular formula is C28H36N6O8. The van der Waals surface area contributed by atoms with Gasteiger partial charge in [-0.15, -0.1) is 0 Å². The maximum atomic E-state index is 13.2. The van der Waals surface area contributed by atoms with Gasteiger partial charge in [0, 0.05) is 24.8 Å². The standard InChI is InChI=1S/C28H36N6O8/c1-27(2,3)41-25(38)30-11-7-12-33(26(39)42-28(4,5)6)21-10-13-34-24(32-21)19(15-31-34)17-8-9-18(23(29)37)20(14-17)40-16-22(35)36/h8-10,13-15H,7,11-12,16H2,1-6H3,(H2,29,37)(H,30,38)(H,35,36). The number of hydrogen-bond acceptors (Lipinski definition) is 9. The van der Waals surface area contributed by atoms with Crippen LogP contribution in [0, 0.1) is 0 Å². The molecule has 0 fully saturated rings. The number of carboxylic acids is 1. The van der Waals surface area contributed by atoms with Crippen molar-refractivity contribution in [3.63, 3.8) is 0 Å². The van der Waals surface area contributed by atoms with Gasteiger partial charge < -0.3 is 30.4 Å². The van der Waals surface area contributed by atoms with Gasteiger partial charge >= 0.3 is 18.2 Å². The second kappa shape index (κ2) is 12.7. The topological polar surface area (TPSA) is 188 Å². The van der Waals surface area contributed by atoms with Crippen LogP contribution in [0.2, 0.25) is 0 Å². The van der Waals surface area contributed by atoms with Crippen LogP contribution < -0.4 is 20.7 Å². The lowest BCUT2D eigenvalue weighted by Crippen LogP contribution is -2.39. The summed E-state index contributed by atoms with van der Waals surface area (Å²) in [6.07, 6.45) is 2.33. The Bertz CT molecular complexity index is 1470. The van der Waals surface area contributed by atoms with E-state index in [1.54, 1.807) is 59.9 Å². The van der Waals surface area contributed by atoms with E-state index in [0.717, 1.165) is 0 Å². The van der Waals surface area contributed by atoms with E-state index in [1.165, 1.54) is 27.7 Å². The lowest BCUT2D eigenvalue weighted by molar-refractivity contribution is -0.139. The number of carbonyl (C=O) groups is 4. The molecule has 4 N–H and O–H groups in total. The molecule has 0 aliphatic carbocycles. The highest BCUT2D eigenvalue weighted by Crippen LogP contribution is 2.30. The smallest absolute Gasteiger partial charge is 0.416 e.